The summed E-state index contributed by atoms with van der Waals surface area (Å²) in [6.07, 6.45) is 2.61. The van der Waals surface area contributed by atoms with Gasteiger partial charge in [0.05, 0.1) is 11.7 Å². The van der Waals surface area contributed by atoms with Gasteiger partial charge in [-0.15, -0.1) is 11.3 Å². The van der Waals surface area contributed by atoms with E-state index in [4.69, 9.17) is 5.11 Å². The van der Waals surface area contributed by atoms with Gasteiger partial charge >= 0.3 is 5.97 Å². The maximum absolute atomic E-state index is 12.2. The molecule has 1 aromatic heterocycles. The minimum atomic E-state index is -0.971. The zero-order valence-corrected chi connectivity index (χ0v) is 15.2. The summed E-state index contributed by atoms with van der Waals surface area (Å²) in [5.41, 5.74) is 1.85. The van der Waals surface area contributed by atoms with Crippen molar-refractivity contribution in [1.82, 2.24) is 10.3 Å². The number of hydrogen-bond acceptors (Lipinski definition) is 4. The van der Waals surface area contributed by atoms with E-state index in [9.17, 15) is 9.59 Å². The molecular weight excluding hydrogens is 336 g/mol. The maximum atomic E-state index is 12.2. The third-order valence-corrected chi connectivity index (χ3v) is 6.06. The Bertz CT molecular complexity index is 766. The molecule has 3 rings (SSSR count). The Balaban J connectivity index is 1.48. The topological polar surface area (TPSA) is 79.3 Å². The molecule has 1 amide bonds. The molecule has 25 heavy (non-hydrogen) atoms. The lowest BCUT2D eigenvalue weighted by Gasteiger charge is -2.35. The summed E-state index contributed by atoms with van der Waals surface area (Å²) in [6.45, 7) is 3.52. The Hall–Kier alpha value is -2.21. The predicted molar refractivity (Wildman–Crippen MR) is 96.9 cm³/mol. The van der Waals surface area contributed by atoms with Crippen molar-refractivity contribution in [2.45, 2.75) is 45.1 Å². The van der Waals surface area contributed by atoms with E-state index in [1.54, 1.807) is 6.92 Å². The summed E-state index contributed by atoms with van der Waals surface area (Å²) in [5.74, 6) is 0.0242. The van der Waals surface area contributed by atoms with Crippen LogP contribution in [0.5, 0.6) is 0 Å². The molecule has 1 heterocycles. The maximum Gasteiger partial charge on any atom is 0.347 e. The third kappa shape index (κ3) is 4.07. The molecule has 1 aromatic carbocycles. The molecule has 5 nitrogen and oxygen atoms in total. The first-order chi connectivity index (χ1) is 11.9. The van der Waals surface area contributed by atoms with E-state index in [2.05, 4.69) is 34.6 Å². The van der Waals surface area contributed by atoms with Crippen LogP contribution in [-0.4, -0.2) is 22.0 Å². The van der Waals surface area contributed by atoms with Crippen molar-refractivity contribution in [2.24, 2.45) is 5.92 Å². The number of carboxylic acid groups (broad SMARTS) is 1. The van der Waals surface area contributed by atoms with Gasteiger partial charge in [-0.05, 0) is 44.1 Å². The number of aryl methyl sites for hydroxylation is 1. The van der Waals surface area contributed by atoms with Crippen LogP contribution in [-0.2, 0) is 4.79 Å². The van der Waals surface area contributed by atoms with Crippen LogP contribution < -0.4 is 5.32 Å². The van der Waals surface area contributed by atoms with Crippen molar-refractivity contribution in [3.63, 3.8) is 0 Å². The second-order valence-corrected chi connectivity index (χ2v) is 7.74. The predicted octanol–water partition coefficient (Wildman–Crippen LogP) is 3.91. The molecule has 0 radical (unpaired) electrons. The van der Waals surface area contributed by atoms with Crippen LogP contribution in [0.1, 0.15) is 64.1 Å². The second kappa shape index (κ2) is 7.35. The normalized spacial score (nSPS) is 20.6. The van der Waals surface area contributed by atoms with Gasteiger partial charge in [0.1, 0.15) is 9.88 Å². The summed E-state index contributed by atoms with van der Waals surface area (Å²) in [5, 5.41) is 12.7. The van der Waals surface area contributed by atoms with Crippen LogP contribution in [0.15, 0.2) is 30.3 Å². The number of aromatic carboxylic acids is 1. The fraction of sp³-hybridized carbons (Fsp3) is 0.421. The van der Waals surface area contributed by atoms with Gasteiger partial charge in [-0.1, -0.05) is 30.3 Å². The molecule has 1 aliphatic rings. The first-order valence-corrected chi connectivity index (χ1v) is 9.30. The van der Waals surface area contributed by atoms with Gasteiger partial charge in [0.2, 0.25) is 5.91 Å². The van der Waals surface area contributed by atoms with Gasteiger partial charge in [0.15, 0.2) is 0 Å². The molecule has 6 heteroatoms. The smallest absolute Gasteiger partial charge is 0.347 e. The number of nitrogens with zero attached hydrogens (tertiary/aromatic N) is 1. The number of nitrogens with one attached hydrogen (secondary N) is 1. The lowest BCUT2D eigenvalue weighted by molar-refractivity contribution is -0.123. The quantitative estimate of drug-likeness (QED) is 0.820. The molecule has 2 aromatic rings. The summed E-state index contributed by atoms with van der Waals surface area (Å²) in [4.78, 5) is 27.9. The number of carbonyl (C=O) groups is 2. The number of hydrogen-bond donors (Lipinski definition) is 2. The number of benzene rings is 1. The summed E-state index contributed by atoms with van der Waals surface area (Å²) >= 11 is 1.13. The highest BCUT2D eigenvalue weighted by Crippen LogP contribution is 2.43. The molecule has 0 bridgehead atoms. The molecular formula is C19H22N2O3S. The molecule has 1 unspecified atom stereocenters. The molecule has 1 fully saturated rings. The van der Waals surface area contributed by atoms with Crippen LogP contribution >= 0.6 is 11.3 Å². The Morgan fingerprint density at radius 1 is 1.32 bits per heavy atom. The number of carboxylic acids is 1. The molecule has 2 N–H and O–H groups in total. The van der Waals surface area contributed by atoms with Crippen molar-refractivity contribution >= 4 is 23.2 Å². The van der Waals surface area contributed by atoms with Gasteiger partial charge in [-0.2, -0.15) is 0 Å². The van der Waals surface area contributed by atoms with Gasteiger partial charge in [-0.3, -0.25) is 4.79 Å². The SMILES string of the molecule is Cc1nc(C(C)NC(=O)CC2CC(c3ccccc3)C2)sc1C(=O)O. The fourth-order valence-electron chi connectivity index (χ4n) is 3.33. The number of thiazole rings is 1. The van der Waals surface area contributed by atoms with Crippen LogP contribution in [0.25, 0.3) is 0 Å². The first-order valence-electron chi connectivity index (χ1n) is 8.49. The Morgan fingerprint density at radius 2 is 2.00 bits per heavy atom. The van der Waals surface area contributed by atoms with Crippen molar-refractivity contribution in [1.29, 1.82) is 0 Å². The van der Waals surface area contributed by atoms with Crippen molar-refractivity contribution < 1.29 is 14.7 Å². The second-order valence-electron chi connectivity index (χ2n) is 6.71. The van der Waals surface area contributed by atoms with Crippen LogP contribution in [0.3, 0.4) is 0 Å². The average molecular weight is 358 g/mol. The minimum Gasteiger partial charge on any atom is -0.477 e. The van der Waals surface area contributed by atoms with Crippen molar-refractivity contribution in [2.75, 3.05) is 0 Å². The molecule has 0 aliphatic heterocycles. The van der Waals surface area contributed by atoms with Crippen LogP contribution in [0, 0.1) is 12.8 Å². The Morgan fingerprint density at radius 3 is 2.60 bits per heavy atom. The number of aromatic nitrogens is 1. The standard InChI is InChI=1S/C19H22N2O3S/c1-11-17(19(23)24)25-18(21-11)12(2)20-16(22)10-13-8-15(9-13)14-6-4-3-5-7-14/h3-7,12-13,15H,8-10H2,1-2H3,(H,20,22)(H,23,24). The molecule has 1 saturated carbocycles. The zero-order chi connectivity index (χ0) is 18.0. The fourth-order valence-corrected chi connectivity index (χ4v) is 4.23. The zero-order valence-electron chi connectivity index (χ0n) is 14.4. The van der Waals surface area contributed by atoms with E-state index in [1.807, 2.05) is 13.0 Å². The largest absolute Gasteiger partial charge is 0.477 e. The molecule has 0 spiro atoms. The summed E-state index contributed by atoms with van der Waals surface area (Å²) in [7, 11) is 0. The Kier molecular flexibility index (Phi) is 5.18. The van der Waals surface area contributed by atoms with E-state index in [-0.39, 0.29) is 16.8 Å². The van der Waals surface area contributed by atoms with E-state index in [0.29, 0.717) is 29.0 Å². The lowest BCUT2D eigenvalue weighted by atomic mass is 9.70. The van der Waals surface area contributed by atoms with Crippen LogP contribution in [0.4, 0.5) is 0 Å². The van der Waals surface area contributed by atoms with Gasteiger partial charge in [0.25, 0.3) is 0 Å². The van der Waals surface area contributed by atoms with Crippen molar-refractivity contribution in [3.8, 4) is 0 Å². The first kappa shape index (κ1) is 17.6. The van der Waals surface area contributed by atoms with Gasteiger partial charge < -0.3 is 10.4 Å². The summed E-state index contributed by atoms with van der Waals surface area (Å²) in [6, 6.07) is 10.2. The van der Waals surface area contributed by atoms with E-state index in [1.165, 1.54) is 5.56 Å². The van der Waals surface area contributed by atoms with E-state index >= 15 is 0 Å². The van der Waals surface area contributed by atoms with E-state index in [0.717, 1.165) is 24.2 Å². The number of amides is 1. The number of carbonyl (C=O) groups excluding carboxylic acids is 1. The summed E-state index contributed by atoms with van der Waals surface area (Å²) < 4.78 is 0. The number of rotatable bonds is 6. The monoisotopic (exact) mass is 358 g/mol. The van der Waals surface area contributed by atoms with Crippen LogP contribution in [0.2, 0.25) is 0 Å². The molecule has 0 saturated heterocycles. The lowest BCUT2D eigenvalue weighted by Crippen LogP contribution is -2.32. The minimum absolute atomic E-state index is 0.00809. The third-order valence-electron chi connectivity index (χ3n) is 4.74. The molecule has 132 valence electrons. The highest BCUT2D eigenvalue weighted by atomic mass is 32.1. The van der Waals surface area contributed by atoms with Crippen molar-refractivity contribution in [3.05, 3.63) is 51.5 Å². The highest BCUT2D eigenvalue weighted by Gasteiger charge is 2.32. The highest BCUT2D eigenvalue weighted by molar-refractivity contribution is 7.13. The Labute approximate surface area is 151 Å². The average Bonchev–Trinajstić information content (AvgIpc) is 2.93. The molecule has 1 aliphatic carbocycles. The molecule has 1 atom stereocenters. The van der Waals surface area contributed by atoms with E-state index < -0.39 is 5.97 Å². The van der Waals surface area contributed by atoms with Gasteiger partial charge in [-0.25, -0.2) is 9.78 Å². The van der Waals surface area contributed by atoms with Gasteiger partial charge in [0, 0.05) is 6.42 Å².